The molecule has 0 aromatic heterocycles. The summed E-state index contributed by atoms with van der Waals surface area (Å²) in [5.74, 6) is -2.02. The maximum absolute atomic E-state index is 13.1. The highest BCUT2D eigenvalue weighted by molar-refractivity contribution is 6.24. The summed E-state index contributed by atoms with van der Waals surface area (Å²) in [4.78, 5) is 50.6. The van der Waals surface area contributed by atoms with Crippen LogP contribution in [-0.4, -0.2) is 99.1 Å². The first-order valence-corrected chi connectivity index (χ1v) is 11.8. The summed E-state index contributed by atoms with van der Waals surface area (Å²) in [6, 6.07) is 4.14. The van der Waals surface area contributed by atoms with Gasteiger partial charge in [-0.25, -0.2) is 0 Å². The Labute approximate surface area is 203 Å². The van der Waals surface area contributed by atoms with Gasteiger partial charge >= 0.3 is 0 Å². The lowest BCUT2D eigenvalue weighted by atomic mass is 9.99. The van der Waals surface area contributed by atoms with Gasteiger partial charge in [0.25, 0.3) is 11.8 Å². The zero-order chi connectivity index (χ0) is 25.0. The number of hydrogen-bond acceptors (Lipinski definition) is 9. The van der Waals surface area contributed by atoms with E-state index in [1.165, 1.54) is 0 Å². The Morgan fingerprint density at radius 2 is 1.49 bits per heavy atom. The minimum absolute atomic E-state index is 0.00236. The smallest absolute Gasteiger partial charge is 0.262 e. The summed E-state index contributed by atoms with van der Waals surface area (Å²) in [6.45, 7) is 3.39. The number of aryl methyl sites for hydroxylation is 1. The molecule has 35 heavy (non-hydrogen) atoms. The SMILES string of the molecule is O=C1CCC(N2C(=O)c3cccc(CCCOCCOCCOCCOCCO)c3C2=O)C(=O)N1. The van der Waals surface area contributed by atoms with E-state index in [2.05, 4.69) is 5.32 Å². The zero-order valence-electron chi connectivity index (χ0n) is 19.7. The van der Waals surface area contributed by atoms with Crippen LogP contribution in [0.2, 0.25) is 0 Å². The van der Waals surface area contributed by atoms with Gasteiger partial charge in [0.15, 0.2) is 0 Å². The molecule has 1 unspecified atom stereocenters. The van der Waals surface area contributed by atoms with E-state index in [0.717, 1.165) is 10.5 Å². The fourth-order valence-corrected chi connectivity index (χ4v) is 3.98. The van der Waals surface area contributed by atoms with Crippen molar-refractivity contribution in [1.29, 1.82) is 0 Å². The molecule has 0 aliphatic carbocycles. The molecule has 192 valence electrons. The number of aliphatic hydroxyl groups excluding tert-OH is 1. The minimum atomic E-state index is -0.971. The Balaban J connectivity index is 1.35. The number of nitrogens with one attached hydrogen (secondary N) is 1. The minimum Gasteiger partial charge on any atom is -0.394 e. The topological polar surface area (TPSA) is 141 Å². The molecule has 0 radical (unpaired) electrons. The number of rotatable bonds is 16. The molecular formula is C24H32N2O9. The molecule has 1 aromatic carbocycles. The summed E-state index contributed by atoms with van der Waals surface area (Å²) >= 11 is 0. The van der Waals surface area contributed by atoms with Crippen LogP contribution in [0.15, 0.2) is 18.2 Å². The highest BCUT2D eigenvalue weighted by Gasteiger charge is 2.45. The van der Waals surface area contributed by atoms with Gasteiger partial charge in [-0.15, -0.1) is 0 Å². The van der Waals surface area contributed by atoms with E-state index >= 15 is 0 Å². The Morgan fingerprint density at radius 1 is 0.857 bits per heavy atom. The standard InChI is InChI=1S/C24H32N2O9/c27-8-10-33-12-14-35-16-15-34-13-11-32-9-2-4-17-3-1-5-18-21(17)24(31)26(23(18)30)19-6-7-20(28)25-22(19)29/h1,3,5,19,27H,2,4,6-16H2,(H,25,28,29). The van der Waals surface area contributed by atoms with Crippen molar-refractivity contribution in [3.8, 4) is 0 Å². The van der Waals surface area contributed by atoms with E-state index in [0.29, 0.717) is 71.3 Å². The second kappa shape index (κ2) is 14.0. The van der Waals surface area contributed by atoms with Crippen LogP contribution in [0.25, 0.3) is 0 Å². The lowest BCUT2D eigenvalue weighted by Crippen LogP contribution is -2.54. The molecule has 1 aromatic rings. The van der Waals surface area contributed by atoms with Gasteiger partial charge in [-0.2, -0.15) is 0 Å². The van der Waals surface area contributed by atoms with Gasteiger partial charge in [0.2, 0.25) is 11.8 Å². The maximum Gasteiger partial charge on any atom is 0.262 e. The molecule has 0 bridgehead atoms. The van der Waals surface area contributed by atoms with Crippen LogP contribution < -0.4 is 5.32 Å². The van der Waals surface area contributed by atoms with E-state index in [-0.39, 0.29) is 25.0 Å². The molecule has 3 rings (SSSR count). The Bertz CT molecular complexity index is 905. The van der Waals surface area contributed by atoms with Crippen molar-refractivity contribution in [2.75, 3.05) is 59.5 Å². The van der Waals surface area contributed by atoms with Gasteiger partial charge in [0.1, 0.15) is 6.04 Å². The fourth-order valence-electron chi connectivity index (χ4n) is 3.98. The van der Waals surface area contributed by atoms with Crippen LogP contribution in [-0.2, 0) is 35.0 Å². The molecule has 2 aliphatic heterocycles. The van der Waals surface area contributed by atoms with E-state index in [4.69, 9.17) is 24.1 Å². The predicted octanol–water partition coefficient (Wildman–Crippen LogP) is 0.0791. The third-order valence-electron chi connectivity index (χ3n) is 5.64. The van der Waals surface area contributed by atoms with Crippen LogP contribution in [0.3, 0.4) is 0 Å². The number of aliphatic hydroxyl groups is 1. The van der Waals surface area contributed by atoms with E-state index in [1.54, 1.807) is 18.2 Å². The number of imide groups is 2. The molecule has 11 heteroatoms. The first-order chi connectivity index (χ1) is 17.0. The van der Waals surface area contributed by atoms with Crippen LogP contribution in [0, 0.1) is 0 Å². The van der Waals surface area contributed by atoms with Gasteiger partial charge < -0.3 is 24.1 Å². The first-order valence-electron chi connectivity index (χ1n) is 11.8. The number of ether oxygens (including phenoxy) is 4. The Hall–Kier alpha value is -2.70. The molecule has 1 atom stereocenters. The van der Waals surface area contributed by atoms with Gasteiger partial charge in [-0.3, -0.25) is 29.4 Å². The number of hydrogen-bond donors (Lipinski definition) is 2. The molecule has 1 saturated heterocycles. The quantitative estimate of drug-likeness (QED) is 0.242. The van der Waals surface area contributed by atoms with E-state index < -0.39 is 29.7 Å². The summed E-state index contributed by atoms with van der Waals surface area (Å²) in [7, 11) is 0. The summed E-state index contributed by atoms with van der Waals surface area (Å²) in [5.41, 5.74) is 1.34. The average Bonchev–Trinajstić information content (AvgIpc) is 3.10. The summed E-state index contributed by atoms with van der Waals surface area (Å²) < 4.78 is 21.4. The largest absolute Gasteiger partial charge is 0.394 e. The van der Waals surface area contributed by atoms with Gasteiger partial charge in [-0.1, -0.05) is 12.1 Å². The number of carbonyl (C=O) groups excluding carboxylic acids is 4. The van der Waals surface area contributed by atoms with Gasteiger partial charge in [0, 0.05) is 13.0 Å². The molecule has 4 amide bonds. The molecule has 0 spiro atoms. The molecule has 2 heterocycles. The zero-order valence-corrected chi connectivity index (χ0v) is 19.7. The van der Waals surface area contributed by atoms with E-state index in [9.17, 15) is 19.2 Å². The van der Waals surface area contributed by atoms with Crippen molar-refractivity contribution in [1.82, 2.24) is 10.2 Å². The third-order valence-corrected chi connectivity index (χ3v) is 5.64. The highest BCUT2D eigenvalue weighted by Crippen LogP contribution is 2.30. The normalized spacial score (nSPS) is 17.7. The summed E-state index contributed by atoms with van der Waals surface area (Å²) in [6.07, 6.45) is 1.41. The van der Waals surface area contributed by atoms with Crippen LogP contribution in [0.1, 0.15) is 45.5 Å². The second-order valence-electron chi connectivity index (χ2n) is 8.06. The molecule has 11 nitrogen and oxygen atoms in total. The van der Waals surface area contributed by atoms with E-state index in [1.807, 2.05) is 0 Å². The second-order valence-corrected chi connectivity index (χ2v) is 8.06. The molecule has 2 N–H and O–H groups in total. The monoisotopic (exact) mass is 492 g/mol. The number of nitrogens with zero attached hydrogens (tertiary/aromatic N) is 1. The first kappa shape index (κ1) is 26.9. The van der Waals surface area contributed by atoms with Crippen molar-refractivity contribution >= 4 is 23.6 Å². The number of benzene rings is 1. The molecule has 1 fully saturated rings. The van der Waals surface area contributed by atoms with Crippen molar-refractivity contribution in [3.63, 3.8) is 0 Å². The Morgan fingerprint density at radius 3 is 2.11 bits per heavy atom. The fraction of sp³-hybridized carbons (Fsp3) is 0.583. The van der Waals surface area contributed by atoms with Crippen molar-refractivity contribution in [2.45, 2.75) is 31.7 Å². The number of amides is 4. The van der Waals surface area contributed by atoms with Gasteiger partial charge in [-0.05, 0) is 30.9 Å². The predicted molar refractivity (Wildman–Crippen MR) is 122 cm³/mol. The molecular weight excluding hydrogens is 460 g/mol. The Kier molecular flexibility index (Phi) is 10.8. The van der Waals surface area contributed by atoms with Crippen molar-refractivity contribution in [2.24, 2.45) is 0 Å². The lowest BCUT2D eigenvalue weighted by molar-refractivity contribution is -0.136. The average molecular weight is 493 g/mol. The number of carbonyl (C=O) groups is 4. The van der Waals surface area contributed by atoms with Crippen LogP contribution >= 0.6 is 0 Å². The van der Waals surface area contributed by atoms with Crippen LogP contribution in [0.4, 0.5) is 0 Å². The molecule has 2 aliphatic rings. The van der Waals surface area contributed by atoms with Gasteiger partial charge in [0.05, 0.1) is 64.0 Å². The summed E-state index contributed by atoms with van der Waals surface area (Å²) in [5, 5.41) is 10.8. The third kappa shape index (κ3) is 7.39. The highest BCUT2D eigenvalue weighted by atomic mass is 16.6. The number of piperidine rings is 1. The van der Waals surface area contributed by atoms with Crippen molar-refractivity contribution < 1.29 is 43.2 Å². The number of fused-ring (bicyclic) bond motifs is 1. The maximum atomic E-state index is 13.1. The van der Waals surface area contributed by atoms with Crippen LogP contribution in [0.5, 0.6) is 0 Å². The lowest BCUT2D eigenvalue weighted by Gasteiger charge is -2.27. The molecule has 0 saturated carbocycles. The van der Waals surface area contributed by atoms with Crippen molar-refractivity contribution in [3.05, 3.63) is 34.9 Å².